The maximum absolute atomic E-state index is 13.4. The lowest BCUT2D eigenvalue weighted by molar-refractivity contribution is 0.368. The zero-order valence-corrected chi connectivity index (χ0v) is 16.8. The lowest BCUT2D eigenvalue weighted by Gasteiger charge is -2.07. The summed E-state index contributed by atoms with van der Waals surface area (Å²) >= 11 is 0. The highest BCUT2D eigenvalue weighted by atomic mass is 31.2. The van der Waals surface area contributed by atoms with E-state index >= 15 is 0 Å². The van der Waals surface area contributed by atoms with Crippen LogP contribution in [0, 0.1) is 5.82 Å². The number of aryl methyl sites for hydroxylation is 1. The molecule has 0 saturated carbocycles. The fraction of sp³-hybridized carbons (Fsp3) is 0.158. The summed E-state index contributed by atoms with van der Waals surface area (Å²) in [6.45, 7) is 0.0315. The molecule has 0 unspecified atom stereocenters. The zero-order valence-electron chi connectivity index (χ0n) is 15.9. The number of hydrogen-bond donors (Lipinski definition) is 2. The first-order chi connectivity index (χ1) is 14.3. The van der Waals surface area contributed by atoms with Crippen molar-refractivity contribution in [2.45, 2.75) is 6.54 Å². The molecule has 0 bridgehead atoms. The van der Waals surface area contributed by atoms with Crippen LogP contribution in [0.2, 0.25) is 0 Å². The summed E-state index contributed by atoms with van der Waals surface area (Å²) in [5.41, 5.74) is 3.50. The van der Waals surface area contributed by atoms with Crippen LogP contribution in [0.15, 0.2) is 55.0 Å². The fourth-order valence-electron chi connectivity index (χ4n) is 3.12. The van der Waals surface area contributed by atoms with Crippen molar-refractivity contribution < 1.29 is 18.7 Å². The van der Waals surface area contributed by atoms with Crippen molar-refractivity contribution in [3.63, 3.8) is 0 Å². The SMILES string of the molecule is Cn1c(-c2cn(CCP(=O)(O)O)nn2)nc(-c2ccc(F)cc2)c1-c1ccncc1. The van der Waals surface area contributed by atoms with Crippen molar-refractivity contribution in [2.24, 2.45) is 7.05 Å². The molecule has 11 heteroatoms. The lowest BCUT2D eigenvalue weighted by Crippen LogP contribution is -2.03. The second-order valence-corrected chi connectivity index (χ2v) is 8.47. The van der Waals surface area contributed by atoms with Gasteiger partial charge in [-0.15, -0.1) is 5.10 Å². The summed E-state index contributed by atoms with van der Waals surface area (Å²) in [4.78, 5) is 26.9. The summed E-state index contributed by atoms with van der Waals surface area (Å²) in [7, 11) is -2.30. The van der Waals surface area contributed by atoms with E-state index in [1.54, 1.807) is 30.7 Å². The van der Waals surface area contributed by atoms with Crippen LogP contribution in [0.5, 0.6) is 0 Å². The minimum atomic E-state index is -4.14. The highest BCUT2D eigenvalue weighted by molar-refractivity contribution is 7.51. The molecule has 0 amide bonds. The second kappa shape index (κ2) is 7.91. The molecule has 0 saturated heterocycles. The Kier molecular flexibility index (Phi) is 5.29. The lowest BCUT2D eigenvalue weighted by atomic mass is 10.1. The maximum atomic E-state index is 13.4. The number of nitrogens with zero attached hydrogens (tertiary/aromatic N) is 6. The quantitative estimate of drug-likeness (QED) is 0.453. The van der Waals surface area contributed by atoms with E-state index in [0.29, 0.717) is 17.2 Å². The van der Waals surface area contributed by atoms with Crippen LogP contribution in [-0.4, -0.2) is 45.5 Å². The molecule has 1 aromatic carbocycles. The predicted molar refractivity (Wildman–Crippen MR) is 108 cm³/mol. The molecule has 0 aliphatic heterocycles. The first kappa shape index (κ1) is 20.1. The third kappa shape index (κ3) is 4.20. The molecular weight excluding hydrogens is 410 g/mol. The number of halogens is 1. The predicted octanol–water partition coefficient (Wildman–Crippen LogP) is 2.72. The van der Waals surface area contributed by atoms with Gasteiger partial charge in [-0.1, -0.05) is 5.21 Å². The van der Waals surface area contributed by atoms with Crippen LogP contribution < -0.4 is 0 Å². The largest absolute Gasteiger partial charge is 0.327 e. The summed E-state index contributed by atoms with van der Waals surface area (Å²) in [5, 5.41) is 8.05. The smallest absolute Gasteiger partial charge is 0.325 e. The third-order valence-corrected chi connectivity index (χ3v) is 5.34. The number of pyridine rings is 1. The first-order valence-electron chi connectivity index (χ1n) is 9.00. The van der Waals surface area contributed by atoms with E-state index in [9.17, 15) is 8.96 Å². The van der Waals surface area contributed by atoms with Crippen molar-refractivity contribution >= 4 is 7.60 Å². The van der Waals surface area contributed by atoms with Gasteiger partial charge in [-0.05, 0) is 36.4 Å². The Labute approximate surface area is 171 Å². The van der Waals surface area contributed by atoms with Gasteiger partial charge in [0.2, 0.25) is 0 Å². The molecule has 3 aromatic heterocycles. The average molecular weight is 428 g/mol. The number of benzene rings is 1. The van der Waals surface area contributed by atoms with Gasteiger partial charge in [-0.2, -0.15) is 0 Å². The van der Waals surface area contributed by atoms with Crippen LogP contribution in [0.4, 0.5) is 4.39 Å². The fourth-order valence-corrected chi connectivity index (χ4v) is 3.59. The highest BCUT2D eigenvalue weighted by Gasteiger charge is 2.21. The van der Waals surface area contributed by atoms with Gasteiger partial charge in [0.1, 0.15) is 11.5 Å². The van der Waals surface area contributed by atoms with Gasteiger partial charge in [-0.25, -0.2) is 9.37 Å². The molecule has 9 nitrogen and oxygen atoms in total. The van der Waals surface area contributed by atoms with Gasteiger partial charge in [-0.3, -0.25) is 14.2 Å². The molecule has 4 aromatic rings. The Morgan fingerprint density at radius 3 is 2.43 bits per heavy atom. The maximum Gasteiger partial charge on any atom is 0.327 e. The molecule has 0 aliphatic rings. The Morgan fingerprint density at radius 1 is 1.07 bits per heavy atom. The van der Waals surface area contributed by atoms with E-state index in [0.717, 1.165) is 16.8 Å². The van der Waals surface area contributed by atoms with E-state index in [1.807, 2.05) is 23.7 Å². The average Bonchev–Trinajstić information content (AvgIpc) is 3.31. The molecule has 0 fully saturated rings. The van der Waals surface area contributed by atoms with Crippen molar-refractivity contribution in [1.29, 1.82) is 0 Å². The number of hydrogen-bond acceptors (Lipinski definition) is 5. The van der Waals surface area contributed by atoms with Gasteiger partial charge >= 0.3 is 7.60 Å². The minimum absolute atomic E-state index is 0.0315. The Balaban J connectivity index is 1.79. The van der Waals surface area contributed by atoms with Crippen LogP contribution in [-0.2, 0) is 18.2 Å². The molecule has 0 radical (unpaired) electrons. The van der Waals surface area contributed by atoms with Crippen LogP contribution in [0.3, 0.4) is 0 Å². The van der Waals surface area contributed by atoms with E-state index in [2.05, 4.69) is 15.3 Å². The third-order valence-electron chi connectivity index (χ3n) is 4.55. The number of rotatable bonds is 6. The molecule has 0 spiro atoms. The van der Waals surface area contributed by atoms with Gasteiger partial charge in [0.05, 0.1) is 30.3 Å². The Hall–Kier alpha value is -3.20. The molecule has 30 heavy (non-hydrogen) atoms. The molecule has 154 valence electrons. The van der Waals surface area contributed by atoms with Gasteiger partial charge < -0.3 is 14.4 Å². The van der Waals surface area contributed by atoms with Gasteiger partial charge in [0.25, 0.3) is 0 Å². The highest BCUT2D eigenvalue weighted by Crippen LogP contribution is 2.36. The van der Waals surface area contributed by atoms with Crippen LogP contribution in [0.1, 0.15) is 0 Å². The van der Waals surface area contributed by atoms with Crippen molar-refractivity contribution in [2.75, 3.05) is 6.16 Å². The molecule has 2 N–H and O–H groups in total. The Morgan fingerprint density at radius 2 is 1.77 bits per heavy atom. The molecule has 4 rings (SSSR count). The molecular formula is C19H18FN6O3P. The van der Waals surface area contributed by atoms with Gasteiger partial charge in [0, 0.05) is 30.6 Å². The first-order valence-corrected chi connectivity index (χ1v) is 10.8. The number of aromatic nitrogens is 6. The zero-order chi connectivity index (χ0) is 21.3. The van der Waals surface area contributed by atoms with E-state index in [4.69, 9.17) is 14.8 Å². The van der Waals surface area contributed by atoms with Crippen LogP contribution >= 0.6 is 7.60 Å². The standard InChI is InChI=1S/C19H18FN6O3P/c1-25-18(14-6-8-21-9-7-14)17(13-2-4-15(20)5-3-13)22-19(25)16-12-26(24-23-16)10-11-30(27,28)29/h2-9,12H,10-11H2,1H3,(H2,27,28,29). The van der Waals surface area contributed by atoms with Crippen molar-refractivity contribution in [3.8, 4) is 34.0 Å². The summed E-state index contributed by atoms with van der Waals surface area (Å²) in [6, 6.07) is 9.76. The van der Waals surface area contributed by atoms with E-state index in [1.165, 1.54) is 16.8 Å². The second-order valence-electron chi connectivity index (χ2n) is 6.69. The number of imidazole rings is 1. The summed E-state index contributed by atoms with van der Waals surface area (Å²) in [5.74, 6) is 0.178. The normalized spacial score (nSPS) is 11.7. The van der Waals surface area contributed by atoms with Crippen molar-refractivity contribution in [3.05, 3.63) is 60.8 Å². The molecule has 0 aliphatic carbocycles. The summed E-state index contributed by atoms with van der Waals surface area (Å²) < 4.78 is 27.8. The molecule has 3 heterocycles. The molecule has 0 atom stereocenters. The topological polar surface area (TPSA) is 119 Å². The van der Waals surface area contributed by atoms with Gasteiger partial charge in [0.15, 0.2) is 5.82 Å². The van der Waals surface area contributed by atoms with Crippen LogP contribution in [0.25, 0.3) is 34.0 Å². The monoisotopic (exact) mass is 428 g/mol. The minimum Gasteiger partial charge on any atom is -0.325 e. The summed E-state index contributed by atoms with van der Waals surface area (Å²) in [6.07, 6.45) is 4.60. The van der Waals surface area contributed by atoms with E-state index in [-0.39, 0.29) is 18.5 Å². The van der Waals surface area contributed by atoms with Crippen molar-refractivity contribution in [1.82, 2.24) is 29.5 Å². The van der Waals surface area contributed by atoms with E-state index < -0.39 is 7.60 Å². The Bertz CT molecular complexity index is 1220.